The lowest BCUT2D eigenvalue weighted by atomic mass is 9.94. The molecule has 0 aromatic carbocycles. The van der Waals surface area contributed by atoms with Gasteiger partial charge in [0.1, 0.15) is 0 Å². The van der Waals surface area contributed by atoms with E-state index in [9.17, 15) is 5.11 Å². The third-order valence-electron chi connectivity index (χ3n) is 3.10. The van der Waals surface area contributed by atoms with E-state index in [1.807, 2.05) is 6.92 Å². The fourth-order valence-corrected chi connectivity index (χ4v) is 2.09. The monoisotopic (exact) mass is 185 g/mol. The van der Waals surface area contributed by atoms with E-state index in [0.717, 1.165) is 19.0 Å². The van der Waals surface area contributed by atoms with Gasteiger partial charge in [-0.3, -0.25) is 0 Å². The molecule has 0 amide bonds. The maximum atomic E-state index is 9.17. The second kappa shape index (κ2) is 5.61. The molecule has 1 N–H and O–H groups in total. The molecule has 2 heteroatoms. The van der Waals surface area contributed by atoms with Crippen molar-refractivity contribution >= 4 is 0 Å². The number of nitrogens with zero attached hydrogens (tertiary/aromatic N) is 1. The molecule has 1 saturated carbocycles. The maximum absolute atomic E-state index is 9.17. The van der Waals surface area contributed by atoms with Crippen LogP contribution in [0.2, 0.25) is 0 Å². The minimum absolute atomic E-state index is 0.147. The highest BCUT2D eigenvalue weighted by Gasteiger charge is 2.17. The van der Waals surface area contributed by atoms with Crippen LogP contribution in [0.3, 0.4) is 0 Å². The summed E-state index contributed by atoms with van der Waals surface area (Å²) >= 11 is 0. The van der Waals surface area contributed by atoms with E-state index < -0.39 is 0 Å². The molecule has 0 spiro atoms. The molecule has 1 atom stereocenters. The number of hydrogen-bond acceptors (Lipinski definition) is 2. The summed E-state index contributed by atoms with van der Waals surface area (Å²) in [6, 6.07) is 0.785. The van der Waals surface area contributed by atoms with Crippen LogP contribution in [-0.2, 0) is 0 Å². The Bertz CT molecular complexity index is 130. The summed E-state index contributed by atoms with van der Waals surface area (Å²) in [6.07, 6.45) is 7.68. The zero-order valence-electron chi connectivity index (χ0n) is 9.00. The molecular formula is C11H23NO. The summed E-state index contributed by atoms with van der Waals surface area (Å²) in [5, 5.41) is 9.17. The van der Waals surface area contributed by atoms with Gasteiger partial charge in [-0.1, -0.05) is 19.3 Å². The first-order valence-corrected chi connectivity index (χ1v) is 5.58. The van der Waals surface area contributed by atoms with Crippen LogP contribution in [-0.4, -0.2) is 35.7 Å². The van der Waals surface area contributed by atoms with Crippen LogP contribution < -0.4 is 0 Å². The first-order chi connectivity index (χ1) is 6.20. The first-order valence-electron chi connectivity index (χ1n) is 5.58. The Labute approximate surface area is 81.9 Å². The molecule has 0 radical (unpaired) electrons. The van der Waals surface area contributed by atoms with E-state index in [0.29, 0.717) is 0 Å². The van der Waals surface area contributed by atoms with Crippen LogP contribution in [0.5, 0.6) is 0 Å². The van der Waals surface area contributed by atoms with Crippen molar-refractivity contribution < 1.29 is 5.11 Å². The molecule has 0 aromatic heterocycles. The predicted molar refractivity (Wildman–Crippen MR) is 55.8 cm³/mol. The average Bonchev–Trinajstić information content (AvgIpc) is 2.15. The minimum Gasteiger partial charge on any atom is -0.393 e. The smallest absolute Gasteiger partial charge is 0.0524 e. The van der Waals surface area contributed by atoms with Gasteiger partial charge in [0.05, 0.1) is 6.10 Å². The van der Waals surface area contributed by atoms with Crippen LogP contribution in [0.15, 0.2) is 0 Å². The third-order valence-corrected chi connectivity index (χ3v) is 3.10. The predicted octanol–water partition coefficient (Wildman–Crippen LogP) is 2.02. The van der Waals surface area contributed by atoms with E-state index in [1.165, 1.54) is 32.1 Å². The second-order valence-corrected chi connectivity index (χ2v) is 4.41. The van der Waals surface area contributed by atoms with E-state index in [4.69, 9.17) is 0 Å². The van der Waals surface area contributed by atoms with Crippen molar-refractivity contribution in [1.82, 2.24) is 4.90 Å². The molecule has 2 nitrogen and oxygen atoms in total. The lowest BCUT2D eigenvalue weighted by Crippen LogP contribution is -2.35. The molecule has 0 unspecified atom stereocenters. The molecule has 0 bridgehead atoms. The molecule has 1 rings (SSSR count). The quantitative estimate of drug-likeness (QED) is 0.724. The fraction of sp³-hybridized carbons (Fsp3) is 1.00. The standard InChI is InChI=1S/C11H23NO/c1-10(13)8-9-12(2)11-6-4-3-5-7-11/h10-11,13H,3-9H2,1-2H3/t10-/m1/s1. The van der Waals surface area contributed by atoms with Crippen molar-refractivity contribution in [3.63, 3.8) is 0 Å². The normalized spacial score (nSPS) is 22.2. The molecule has 0 aromatic rings. The van der Waals surface area contributed by atoms with E-state index >= 15 is 0 Å². The number of aliphatic hydroxyl groups is 1. The van der Waals surface area contributed by atoms with Gasteiger partial charge in [0, 0.05) is 12.6 Å². The number of rotatable bonds is 4. The minimum atomic E-state index is -0.147. The van der Waals surface area contributed by atoms with Crippen LogP contribution in [0.1, 0.15) is 45.4 Å². The molecule has 1 fully saturated rings. The maximum Gasteiger partial charge on any atom is 0.0524 e. The SMILES string of the molecule is C[C@@H](O)CCN(C)C1CCCCC1. The summed E-state index contributed by atoms with van der Waals surface area (Å²) in [4.78, 5) is 2.42. The molecule has 1 aliphatic rings. The van der Waals surface area contributed by atoms with Crippen molar-refractivity contribution in [2.45, 2.75) is 57.6 Å². The highest BCUT2D eigenvalue weighted by Crippen LogP contribution is 2.21. The Morgan fingerprint density at radius 3 is 2.46 bits per heavy atom. The Morgan fingerprint density at radius 2 is 1.92 bits per heavy atom. The van der Waals surface area contributed by atoms with Crippen molar-refractivity contribution in [1.29, 1.82) is 0 Å². The molecule has 0 saturated heterocycles. The van der Waals surface area contributed by atoms with Gasteiger partial charge in [-0.15, -0.1) is 0 Å². The molecular weight excluding hydrogens is 162 g/mol. The van der Waals surface area contributed by atoms with Crippen LogP contribution in [0.4, 0.5) is 0 Å². The van der Waals surface area contributed by atoms with Gasteiger partial charge in [0.15, 0.2) is 0 Å². The van der Waals surface area contributed by atoms with Gasteiger partial charge in [-0.25, -0.2) is 0 Å². The third kappa shape index (κ3) is 4.10. The molecule has 0 aliphatic heterocycles. The van der Waals surface area contributed by atoms with Gasteiger partial charge in [0.25, 0.3) is 0 Å². The Kier molecular flexibility index (Phi) is 4.74. The lowest BCUT2D eigenvalue weighted by Gasteiger charge is -2.31. The van der Waals surface area contributed by atoms with Crippen molar-refractivity contribution in [2.24, 2.45) is 0 Å². The van der Waals surface area contributed by atoms with E-state index in [1.54, 1.807) is 0 Å². The summed E-state index contributed by atoms with van der Waals surface area (Å²) in [6.45, 7) is 2.91. The summed E-state index contributed by atoms with van der Waals surface area (Å²) in [5.74, 6) is 0. The first kappa shape index (κ1) is 11.0. The van der Waals surface area contributed by atoms with Gasteiger partial charge in [-0.05, 0) is 33.2 Å². The van der Waals surface area contributed by atoms with Crippen LogP contribution in [0.25, 0.3) is 0 Å². The molecule has 13 heavy (non-hydrogen) atoms. The van der Waals surface area contributed by atoms with Crippen LogP contribution in [0, 0.1) is 0 Å². The van der Waals surface area contributed by atoms with Gasteiger partial charge >= 0.3 is 0 Å². The Morgan fingerprint density at radius 1 is 1.31 bits per heavy atom. The number of aliphatic hydroxyl groups excluding tert-OH is 1. The molecule has 0 heterocycles. The lowest BCUT2D eigenvalue weighted by molar-refractivity contribution is 0.135. The summed E-state index contributed by atoms with van der Waals surface area (Å²) in [7, 11) is 2.19. The second-order valence-electron chi connectivity index (χ2n) is 4.41. The largest absolute Gasteiger partial charge is 0.393 e. The average molecular weight is 185 g/mol. The highest BCUT2D eigenvalue weighted by atomic mass is 16.3. The van der Waals surface area contributed by atoms with Crippen molar-refractivity contribution in [3.8, 4) is 0 Å². The van der Waals surface area contributed by atoms with E-state index in [-0.39, 0.29) is 6.10 Å². The van der Waals surface area contributed by atoms with Gasteiger partial charge < -0.3 is 10.0 Å². The van der Waals surface area contributed by atoms with Crippen molar-refractivity contribution in [2.75, 3.05) is 13.6 Å². The van der Waals surface area contributed by atoms with Gasteiger partial charge in [-0.2, -0.15) is 0 Å². The Hall–Kier alpha value is -0.0800. The zero-order chi connectivity index (χ0) is 9.68. The molecule has 78 valence electrons. The molecule has 1 aliphatic carbocycles. The summed E-state index contributed by atoms with van der Waals surface area (Å²) < 4.78 is 0. The fourth-order valence-electron chi connectivity index (χ4n) is 2.09. The zero-order valence-corrected chi connectivity index (χ0v) is 9.00. The number of hydrogen-bond donors (Lipinski definition) is 1. The summed E-state index contributed by atoms with van der Waals surface area (Å²) in [5.41, 5.74) is 0. The van der Waals surface area contributed by atoms with Crippen molar-refractivity contribution in [3.05, 3.63) is 0 Å². The van der Waals surface area contributed by atoms with E-state index in [2.05, 4.69) is 11.9 Å². The highest BCUT2D eigenvalue weighted by molar-refractivity contribution is 4.73. The topological polar surface area (TPSA) is 23.5 Å². The van der Waals surface area contributed by atoms with Crippen LogP contribution >= 0.6 is 0 Å². The Balaban J connectivity index is 2.17. The van der Waals surface area contributed by atoms with Gasteiger partial charge in [0.2, 0.25) is 0 Å².